The monoisotopic (exact) mass is 243 g/mol. The Morgan fingerprint density at radius 3 is 2.85 bits per heavy atom. The molecule has 0 spiro atoms. The molecule has 0 aliphatic heterocycles. The average Bonchev–Trinajstić information content (AvgIpc) is 2.13. The number of hydrogen-bond donors (Lipinski definition) is 2. The molecule has 1 rings (SSSR count). The third kappa shape index (κ3) is 2.71. The molecule has 1 atom stereocenters. The second-order valence-corrected chi connectivity index (χ2v) is 4.00. The molecular weight excluding hydrogens is 230 g/mol. The number of benzene rings is 1. The van der Waals surface area contributed by atoms with Crippen LogP contribution in [0.5, 0.6) is 5.75 Å². The van der Waals surface area contributed by atoms with Gasteiger partial charge in [0.05, 0.1) is 4.47 Å². The number of para-hydroxylation sites is 1. The topological polar surface area (TPSA) is 32.3 Å². The highest BCUT2D eigenvalue weighted by atomic mass is 79.9. The minimum Gasteiger partial charge on any atom is -0.506 e. The van der Waals surface area contributed by atoms with Crippen LogP contribution in [0.1, 0.15) is 12.5 Å². The van der Waals surface area contributed by atoms with Crippen molar-refractivity contribution in [1.82, 2.24) is 5.32 Å². The molecule has 1 aromatic carbocycles. The lowest BCUT2D eigenvalue weighted by atomic mass is 10.1. The molecule has 2 nitrogen and oxygen atoms in total. The van der Waals surface area contributed by atoms with Gasteiger partial charge in [0.2, 0.25) is 0 Å². The van der Waals surface area contributed by atoms with Gasteiger partial charge >= 0.3 is 0 Å². The molecule has 2 N–H and O–H groups in total. The molecule has 0 bridgehead atoms. The van der Waals surface area contributed by atoms with Crippen molar-refractivity contribution in [2.45, 2.75) is 19.4 Å². The van der Waals surface area contributed by atoms with Crippen molar-refractivity contribution in [3.63, 3.8) is 0 Å². The summed E-state index contributed by atoms with van der Waals surface area (Å²) in [5.74, 6) is 0.351. The van der Waals surface area contributed by atoms with Crippen molar-refractivity contribution in [2.75, 3.05) is 7.05 Å². The van der Waals surface area contributed by atoms with Gasteiger partial charge in [-0.3, -0.25) is 0 Å². The van der Waals surface area contributed by atoms with Crippen molar-refractivity contribution < 1.29 is 5.11 Å². The van der Waals surface area contributed by atoms with Crippen LogP contribution in [0, 0.1) is 0 Å². The van der Waals surface area contributed by atoms with E-state index in [1.165, 1.54) is 0 Å². The van der Waals surface area contributed by atoms with Crippen LogP contribution in [0.15, 0.2) is 22.7 Å². The van der Waals surface area contributed by atoms with Crippen LogP contribution in [0.2, 0.25) is 0 Å². The summed E-state index contributed by atoms with van der Waals surface area (Å²) in [7, 11) is 1.92. The molecule has 3 heteroatoms. The zero-order valence-electron chi connectivity index (χ0n) is 7.84. The van der Waals surface area contributed by atoms with Crippen molar-refractivity contribution in [3.8, 4) is 5.75 Å². The van der Waals surface area contributed by atoms with E-state index in [4.69, 9.17) is 0 Å². The van der Waals surface area contributed by atoms with Gasteiger partial charge in [-0.1, -0.05) is 12.1 Å². The fourth-order valence-corrected chi connectivity index (χ4v) is 1.56. The van der Waals surface area contributed by atoms with Crippen molar-refractivity contribution in [1.29, 1.82) is 0 Å². The summed E-state index contributed by atoms with van der Waals surface area (Å²) in [6.45, 7) is 2.08. The Balaban J connectivity index is 2.83. The maximum absolute atomic E-state index is 9.67. The van der Waals surface area contributed by atoms with Crippen LogP contribution in [0.25, 0.3) is 0 Å². The number of hydrogen-bond acceptors (Lipinski definition) is 2. The van der Waals surface area contributed by atoms with E-state index in [2.05, 4.69) is 28.2 Å². The second kappa shape index (κ2) is 4.63. The van der Waals surface area contributed by atoms with E-state index in [1.54, 1.807) is 0 Å². The second-order valence-electron chi connectivity index (χ2n) is 3.14. The summed E-state index contributed by atoms with van der Waals surface area (Å²) < 4.78 is 0.758. The van der Waals surface area contributed by atoms with Crippen LogP contribution < -0.4 is 5.32 Å². The van der Waals surface area contributed by atoms with Gasteiger partial charge in [-0.25, -0.2) is 0 Å². The van der Waals surface area contributed by atoms with Gasteiger partial charge < -0.3 is 10.4 Å². The highest BCUT2D eigenvalue weighted by Gasteiger charge is 2.07. The Morgan fingerprint density at radius 1 is 1.54 bits per heavy atom. The van der Waals surface area contributed by atoms with E-state index in [9.17, 15) is 5.11 Å². The van der Waals surface area contributed by atoms with Crippen molar-refractivity contribution >= 4 is 15.9 Å². The lowest BCUT2D eigenvalue weighted by Crippen LogP contribution is -2.23. The number of likely N-dealkylation sites (N-methyl/N-ethyl adjacent to an activating group) is 1. The van der Waals surface area contributed by atoms with Gasteiger partial charge in [0, 0.05) is 6.04 Å². The Labute approximate surface area is 87.1 Å². The Bertz CT molecular complexity index is 288. The maximum atomic E-state index is 9.67. The Kier molecular flexibility index (Phi) is 3.75. The number of phenolic OH excluding ortho intramolecular Hbond substituents is 1. The summed E-state index contributed by atoms with van der Waals surface area (Å²) >= 11 is 3.29. The number of rotatable bonds is 3. The largest absolute Gasteiger partial charge is 0.506 e. The highest BCUT2D eigenvalue weighted by molar-refractivity contribution is 9.10. The summed E-state index contributed by atoms with van der Waals surface area (Å²) in [5.41, 5.74) is 0.969. The molecule has 0 aromatic heterocycles. The van der Waals surface area contributed by atoms with E-state index >= 15 is 0 Å². The molecule has 1 aromatic rings. The SMILES string of the molecule is CNC(C)Cc1cccc(Br)c1O. The molecule has 0 aliphatic carbocycles. The summed E-state index contributed by atoms with van der Waals surface area (Å²) in [6.07, 6.45) is 0.835. The van der Waals surface area contributed by atoms with Gasteiger partial charge in [-0.15, -0.1) is 0 Å². The Hall–Kier alpha value is -0.540. The lowest BCUT2D eigenvalue weighted by molar-refractivity contribution is 0.459. The zero-order valence-corrected chi connectivity index (χ0v) is 9.43. The maximum Gasteiger partial charge on any atom is 0.132 e. The van der Waals surface area contributed by atoms with Crippen LogP contribution in [-0.4, -0.2) is 18.2 Å². The minimum absolute atomic E-state index is 0.351. The quantitative estimate of drug-likeness (QED) is 0.855. The van der Waals surface area contributed by atoms with E-state index < -0.39 is 0 Å². The van der Waals surface area contributed by atoms with Gasteiger partial charge in [0.1, 0.15) is 5.75 Å². The van der Waals surface area contributed by atoms with Crippen LogP contribution in [0.3, 0.4) is 0 Å². The number of phenols is 1. The van der Waals surface area contributed by atoms with Gasteiger partial charge in [0.15, 0.2) is 0 Å². The first-order chi connectivity index (χ1) is 6.15. The first-order valence-corrected chi connectivity index (χ1v) is 5.08. The zero-order chi connectivity index (χ0) is 9.84. The van der Waals surface area contributed by atoms with Crippen LogP contribution in [0.4, 0.5) is 0 Å². The van der Waals surface area contributed by atoms with E-state index in [-0.39, 0.29) is 0 Å². The third-order valence-electron chi connectivity index (χ3n) is 2.09. The first-order valence-electron chi connectivity index (χ1n) is 4.28. The summed E-state index contributed by atoms with van der Waals surface area (Å²) in [5, 5.41) is 12.8. The average molecular weight is 244 g/mol. The molecule has 0 amide bonds. The molecular formula is C10H14BrNO. The number of nitrogens with one attached hydrogen (secondary N) is 1. The summed E-state index contributed by atoms with van der Waals surface area (Å²) in [6, 6.07) is 6.08. The minimum atomic E-state index is 0.351. The van der Waals surface area contributed by atoms with E-state index in [1.807, 2.05) is 25.2 Å². The highest BCUT2D eigenvalue weighted by Crippen LogP contribution is 2.28. The van der Waals surface area contributed by atoms with Gasteiger partial charge in [-0.05, 0) is 48.0 Å². The van der Waals surface area contributed by atoms with Crippen LogP contribution >= 0.6 is 15.9 Å². The first kappa shape index (κ1) is 10.5. The smallest absolute Gasteiger partial charge is 0.132 e. The normalized spacial score (nSPS) is 12.8. The fourth-order valence-electron chi connectivity index (χ4n) is 1.16. The molecule has 1 unspecified atom stereocenters. The lowest BCUT2D eigenvalue weighted by Gasteiger charge is -2.11. The molecule has 0 heterocycles. The predicted octanol–water partition coefficient (Wildman–Crippen LogP) is 2.31. The molecule has 0 saturated carbocycles. The molecule has 0 saturated heterocycles. The summed E-state index contributed by atoms with van der Waals surface area (Å²) in [4.78, 5) is 0. The molecule has 0 fully saturated rings. The number of aromatic hydroxyl groups is 1. The standard InChI is InChI=1S/C10H14BrNO/c1-7(12-2)6-8-4-3-5-9(11)10(8)13/h3-5,7,12-13H,6H2,1-2H3. The Morgan fingerprint density at radius 2 is 2.23 bits per heavy atom. The van der Waals surface area contributed by atoms with Gasteiger partial charge in [0.25, 0.3) is 0 Å². The van der Waals surface area contributed by atoms with Crippen molar-refractivity contribution in [2.24, 2.45) is 0 Å². The molecule has 13 heavy (non-hydrogen) atoms. The van der Waals surface area contributed by atoms with E-state index in [0.29, 0.717) is 11.8 Å². The van der Waals surface area contributed by atoms with E-state index in [0.717, 1.165) is 16.5 Å². The third-order valence-corrected chi connectivity index (χ3v) is 2.73. The molecule has 0 aliphatic rings. The number of halogens is 1. The van der Waals surface area contributed by atoms with Crippen molar-refractivity contribution in [3.05, 3.63) is 28.2 Å². The van der Waals surface area contributed by atoms with Gasteiger partial charge in [-0.2, -0.15) is 0 Å². The predicted molar refractivity (Wildman–Crippen MR) is 58.0 cm³/mol. The fraction of sp³-hybridized carbons (Fsp3) is 0.400. The van der Waals surface area contributed by atoms with Crippen LogP contribution in [-0.2, 0) is 6.42 Å². The molecule has 72 valence electrons. The molecule has 0 radical (unpaired) electrons.